The van der Waals surface area contributed by atoms with Crippen LogP contribution in [0, 0.1) is 17.7 Å². The largest absolute Gasteiger partial charge is 0.349 e. The first kappa shape index (κ1) is 20.4. The molecule has 4 aliphatic rings. The van der Waals surface area contributed by atoms with Crippen molar-refractivity contribution in [3.8, 4) is 0 Å². The van der Waals surface area contributed by atoms with Crippen LogP contribution in [0.15, 0.2) is 48.5 Å². The molecule has 3 atom stereocenters. The van der Waals surface area contributed by atoms with Crippen molar-refractivity contribution in [1.29, 1.82) is 0 Å². The third-order valence-corrected chi connectivity index (χ3v) is 7.69. The molecular weight excluding hydrogens is 425 g/mol. The Balaban J connectivity index is 1.50. The first-order valence-electron chi connectivity index (χ1n) is 11.4. The van der Waals surface area contributed by atoms with Gasteiger partial charge in [-0.15, -0.1) is 0 Å². The van der Waals surface area contributed by atoms with Gasteiger partial charge in [-0.05, 0) is 30.5 Å². The van der Waals surface area contributed by atoms with Crippen molar-refractivity contribution in [1.82, 2.24) is 4.90 Å². The van der Waals surface area contributed by atoms with Gasteiger partial charge in [-0.2, -0.15) is 0 Å². The number of hydrogen-bond donors (Lipinski definition) is 0. The Labute approximate surface area is 189 Å². The number of amides is 2. The van der Waals surface area contributed by atoms with Gasteiger partial charge in [0.25, 0.3) is 0 Å². The van der Waals surface area contributed by atoms with Crippen LogP contribution >= 0.6 is 0 Å². The molecule has 0 aromatic heterocycles. The summed E-state index contributed by atoms with van der Waals surface area (Å²) >= 11 is 0. The number of benzene rings is 2. The third kappa shape index (κ3) is 2.63. The van der Waals surface area contributed by atoms with E-state index in [2.05, 4.69) is 0 Å². The normalized spacial score (nSPS) is 28.6. The maximum atomic E-state index is 13.8. The smallest absolute Gasteiger partial charge is 0.237 e. The topological polar surface area (TPSA) is 80.8 Å². The van der Waals surface area contributed by atoms with Gasteiger partial charge < -0.3 is 4.74 Å². The van der Waals surface area contributed by atoms with Crippen molar-refractivity contribution in [3.63, 3.8) is 0 Å². The molecule has 33 heavy (non-hydrogen) atoms. The van der Waals surface area contributed by atoms with Crippen molar-refractivity contribution in [2.75, 3.05) is 0 Å². The lowest BCUT2D eigenvalue weighted by Gasteiger charge is -2.33. The predicted molar refractivity (Wildman–Crippen MR) is 114 cm³/mol. The minimum absolute atomic E-state index is 0.206. The lowest BCUT2D eigenvalue weighted by atomic mass is 9.77. The fourth-order valence-electron chi connectivity index (χ4n) is 6.19. The van der Waals surface area contributed by atoms with Crippen molar-refractivity contribution in [3.05, 3.63) is 71.0 Å². The molecule has 3 unspecified atom stereocenters. The molecule has 7 heteroatoms. The highest BCUT2D eigenvalue weighted by molar-refractivity contribution is 6.35. The van der Waals surface area contributed by atoms with E-state index >= 15 is 0 Å². The number of Topliss-reactive ketones (excluding diaryl/α,β-unsaturated/α-hetero) is 2. The number of imide groups is 1. The van der Waals surface area contributed by atoms with E-state index < -0.39 is 52.7 Å². The van der Waals surface area contributed by atoms with Crippen molar-refractivity contribution >= 4 is 23.4 Å². The van der Waals surface area contributed by atoms with Crippen LogP contribution in [0.5, 0.6) is 0 Å². The zero-order chi connectivity index (χ0) is 22.9. The predicted octanol–water partition coefficient (Wildman–Crippen LogP) is 3.65. The number of nitrogens with zero attached hydrogens (tertiary/aromatic N) is 1. The molecule has 0 bridgehead atoms. The van der Waals surface area contributed by atoms with Gasteiger partial charge in [0, 0.05) is 17.2 Å². The Kier molecular flexibility index (Phi) is 4.43. The fourth-order valence-corrected chi connectivity index (χ4v) is 6.19. The van der Waals surface area contributed by atoms with Gasteiger partial charge in [-0.25, -0.2) is 4.39 Å². The highest BCUT2D eigenvalue weighted by Crippen LogP contribution is 2.57. The maximum Gasteiger partial charge on any atom is 0.237 e. The lowest BCUT2D eigenvalue weighted by molar-refractivity contribution is -0.148. The first-order valence-corrected chi connectivity index (χ1v) is 11.4. The average Bonchev–Trinajstić information content (AvgIpc) is 3.40. The summed E-state index contributed by atoms with van der Waals surface area (Å²) in [6, 6.07) is 11.6. The van der Waals surface area contributed by atoms with Crippen molar-refractivity contribution < 1.29 is 28.3 Å². The summed E-state index contributed by atoms with van der Waals surface area (Å²) in [6.45, 7) is 0. The molecule has 168 valence electrons. The molecule has 1 saturated carbocycles. The number of halogens is 1. The number of carbonyl (C=O) groups is 4. The third-order valence-electron chi connectivity index (χ3n) is 7.69. The van der Waals surface area contributed by atoms with E-state index in [-0.39, 0.29) is 17.2 Å². The Hall–Kier alpha value is -3.19. The van der Waals surface area contributed by atoms with E-state index in [9.17, 15) is 23.6 Å². The fraction of sp³-hybridized carbons (Fsp3) is 0.385. The summed E-state index contributed by atoms with van der Waals surface area (Å²) in [7, 11) is 0. The van der Waals surface area contributed by atoms with Crippen LogP contribution in [0.25, 0.3) is 0 Å². The lowest BCUT2D eigenvalue weighted by Crippen LogP contribution is -2.52. The molecule has 2 aromatic carbocycles. The van der Waals surface area contributed by atoms with Crippen LogP contribution in [0.4, 0.5) is 4.39 Å². The van der Waals surface area contributed by atoms with E-state index in [0.29, 0.717) is 18.4 Å². The molecule has 0 radical (unpaired) electrons. The molecule has 3 fully saturated rings. The highest BCUT2D eigenvalue weighted by Gasteiger charge is 2.75. The zero-order valence-corrected chi connectivity index (χ0v) is 17.8. The van der Waals surface area contributed by atoms with Gasteiger partial charge in [0.1, 0.15) is 5.82 Å². The van der Waals surface area contributed by atoms with Crippen LogP contribution in [0.2, 0.25) is 0 Å². The van der Waals surface area contributed by atoms with Crippen LogP contribution in [0.1, 0.15) is 64.5 Å². The number of likely N-dealkylation sites (tertiary alicyclic amines) is 1. The standard InChI is InChI=1S/C26H22FNO5/c27-15-12-10-14(11-13-15)21-19-20(25(32)28(24(19)31)16-6-2-1-3-7-16)26(33-21)22(29)17-8-4-5-9-18(17)23(26)30/h4-5,8-13,16,19-21H,1-3,6-7H2. The van der Waals surface area contributed by atoms with E-state index in [1.54, 1.807) is 24.3 Å². The molecule has 1 spiro atoms. The van der Waals surface area contributed by atoms with Crippen LogP contribution in [-0.4, -0.2) is 39.9 Å². The highest BCUT2D eigenvalue weighted by atomic mass is 19.1. The van der Waals surface area contributed by atoms with Crippen molar-refractivity contribution in [2.24, 2.45) is 11.8 Å². The molecule has 2 aliphatic heterocycles. The minimum atomic E-state index is -2.07. The number of ether oxygens (including phenoxy) is 1. The number of fused-ring (bicyclic) bond motifs is 3. The molecule has 2 amide bonds. The summed E-state index contributed by atoms with van der Waals surface area (Å²) in [5.41, 5.74) is -1.19. The number of rotatable bonds is 2. The Morgan fingerprint density at radius 1 is 0.818 bits per heavy atom. The minimum Gasteiger partial charge on any atom is -0.349 e. The van der Waals surface area contributed by atoms with E-state index in [0.717, 1.165) is 19.3 Å². The van der Waals surface area contributed by atoms with E-state index in [1.807, 2.05) is 0 Å². The average molecular weight is 447 g/mol. The quantitative estimate of drug-likeness (QED) is 0.519. The second kappa shape index (κ2) is 7.15. The van der Waals surface area contributed by atoms with Gasteiger partial charge in [-0.3, -0.25) is 24.1 Å². The molecule has 2 aliphatic carbocycles. The van der Waals surface area contributed by atoms with E-state index in [1.165, 1.54) is 29.2 Å². The van der Waals surface area contributed by atoms with Crippen LogP contribution in [0.3, 0.4) is 0 Å². The molecule has 6 rings (SSSR count). The molecule has 2 saturated heterocycles. The van der Waals surface area contributed by atoms with Crippen LogP contribution in [-0.2, 0) is 14.3 Å². The van der Waals surface area contributed by atoms with Gasteiger partial charge in [0.2, 0.25) is 29.0 Å². The summed E-state index contributed by atoms with van der Waals surface area (Å²) in [5.74, 6) is -4.75. The van der Waals surface area contributed by atoms with E-state index in [4.69, 9.17) is 4.74 Å². The molecule has 0 N–H and O–H groups in total. The number of ketones is 2. The van der Waals surface area contributed by atoms with Gasteiger partial charge in [-0.1, -0.05) is 55.7 Å². The molecule has 2 aromatic rings. The summed E-state index contributed by atoms with van der Waals surface area (Å²) in [6.07, 6.45) is 3.33. The number of carbonyl (C=O) groups excluding carboxylic acids is 4. The Morgan fingerprint density at radius 3 is 2.03 bits per heavy atom. The maximum absolute atomic E-state index is 13.8. The first-order chi connectivity index (χ1) is 15.9. The molecule has 2 heterocycles. The monoisotopic (exact) mass is 447 g/mol. The van der Waals surface area contributed by atoms with Gasteiger partial charge >= 0.3 is 0 Å². The Morgan fingerprint density at radius 2 is 1.42 bits per heavy atom. The zero-order valence-electron chi connectivity index (χ0n) is 17.8. The second-order valence-electron chi connectivity index (χ2n) is 9.37. The molecular formula is C26H22FNO5. The SMILES string of the molecule is O=C1C2C(c3ccc(F)cc3)OC3(C(=O)c4ccccc4C3=O)C2C(=O)N1C1CCCCC1. The second-order valence-corrected chi connectivity index (χ2v) is 9.37. The van der Waals surface area contributed by atoms with Crippen LogP contribution < -0.4 is 0 Å². The number of hydrogen-bond acceptors (Lipinski definition) is 5. The van der Waals surface area contributed by atoms with Gasteiger partial charge in [0.15, 0.2) is 0 Å². The Bertz CT molecular complexity index is 1160. The molecule has 6 nitrogen and oxygen atoms in total. The van der Waals surface area contributed by atoms with Crippen molar-refractivity contribution in [2.45, 2.75) is 49.9 Å². The summed E-state index contributed by atoms with van der Waals surface area (Å²) < 4.78 is 19.8. The van der Waals surface area contributed by atoms with Gasteiger partial charge in [0.05, 0.1) is 17.9 Å². The summed E-state index contributed by atoms with van der Waals surface area (Å²) in [4.78, 5) is 56.1. The summed E-state index contributed by atoms with van der Waals surface area (Å²) in [5, 5.41) is 0.